The van der Waals surface area contributed by atoms with Gasteiger partial charge in [0.1, 0.15) is 4.21 Å². The molecule has 0 spiro atoms. The van der Waals surface area contributed by atoms with Gasteiger partial charge < -0.3 is 5.11 Å². The van der Waals surface area contributed by atoms with Crippen LogP contribution in [-0.4, -0.2) is 10.0 Å². The Morgan fingerprint density at radius 1 is 1.42 bits per heavy atom. The van der Waals surface area contributed by atoms with Gasteiger partial charge >= 0.3 is 0 Å². The van der Waals surface area contributed by atoms with Crippen molar-refractivity contribution in [3.05, 3.63) is 49.8 Å². The maximum absolute atomic E-state index is 11.0. The fraction of sp³-hybridized carbons (Fsp3) is 0.167. The highest BCUT2D eigenvalue weighted by Gasteiger charge is 2.21. The summed E-state index contributed by atoms with van der Waals surface area (Å²) in [7, 11) is 0. The Balaban J connectivity index is 2.33. The van der Waals surface area contributed by atoms with E-state index in [9.17, 15) is 15.2 Å². The van der Waals surface area contributed by atoms with Gasteiger partial charge in [-0.1, -0.05) is 27.7 Å². The largest absolute Gasteiger partial charge is 0.388 e. The third-order valence-electron chi connectivity index (χ3n) is 2.33. The average Bonchev–Trinajstić information content (AvgIpc) is 2.76. The van der Waals surface area contributed by atoms with E-state index < -0.39 is 11.0 Å². The third kappa shape index (κ3) is 3.56. The molecular weight excluding hydrogens is 350 g/mol. The minimum atomic E-state index is -0.692. The molecule has 0 saturated heterocycles. The predicted octanol–water partition coefficient (Wildman–Crippen LogP) is 4.62. The monoisotopic (exact) mass is 359 g/mol. The summed E-state index contributed by atoms with van der Waals surface area (Å²) in [6.07, 6.45) is -0.692. The molecule has 0 aliphatic rings. The van der Waals surface area contributed by atoms with Crippen LogP contribution in [0.5, 0.6) is 0 Å². The standard InChI is InChI=1S/C12H10BrNO3S2/c1-7(15)11-6-10(14(16)17)12(19-11)18-9-4-2-8(13)3-5-9/h2-7,15H,1H3. The number of benzene rings is 1. The molecule has 100 valence electrons. The molecule has 1 unspecified atom stereocenters. The number of hydrogen-bond acceptors (Lipinski definition) is 5. The number of rotatable bonds is 4. The van der Waals surface area contributed by atoms with Gasteiger partial charge in [0.25, 0.3) is 5.69 Å². The molecule has 0 saturated carbocycles. The van der Waals surface area contributed by atoms with Crippen molar-refractivity contribution in [2.75, 3.05) is 0 Å². The quantitative estimate of drug-likeness (QED) is 0.638. The highest BCUT2D eigenvalue weighted by molar-refractivity contribution is 9.10. The summed E-state index contributed by atoms with van der Waals surface area (Å²) < 4.78 is 1.55. The van der Waals surface area contributed by atoms with Crippen LogP contribution < -0.4 is 0 Å². The van der Waals surface area contributed by atoms with E-state index in [0.29, 0.717) is 9.09 Å². The number of hydrogen-bond donors (Lipinski definition) is 1. The van der Waals surface area contributed by atoms with Gasteiger partial charge in [-0.25, -0.2) is 0 Å². The zero-order valence-electron chi connectivity index (χ0n) is 9.87. The Morgan fingerprint density at radius 3 is 2.58 bits per heavy atom. The number of halogens is 1. The molecular formula is C12H10BrNO3S2. The first-order valence-corrected chi connectivity index (χ1v) is 7.79. The van der Waals surface area contributed by atoms with E-state index in [-0.39, 0.29) is 5.69 Å². The van der Waals surface area contributed by atoms with E-state index >= 15 is 0 Å². The minimum Gasteiger partial charge on any atom is -0.388 e. The molecule has 0 fully saturated rings. The number of aliphatic hydroxyl groups is 1. The fourth-order valence-electron chi connectivity index (χ4n) is 1.40. The summed E-state index contributed by atoms with van der Waals surface area (Å²) in [5.41, 5.74) is 0.0498. The Morgan fingerprint density at radius 2 is 2.05 bits per heavy atom. The molecule has 1 aromatic heterocycles. The van der Waals surface area contributed by atoms with Crippen molar-refractivity contribution in [2.45, 2.75) is 22.1 Å². The van der Waals surface area contributed by atoms with Crippen molar-refractivity contribution in [3.63, 3.8) is 0 Å². The molecule has 0 amide bonds. The summed E-state index contributed by atoms with van der Waals surface area (Å²) in [6.45, 7) is 1.60. The topological polar surface area (TPSA) is 63.4 Å². The molecule has 0 bridgehead atoms. The lowest BCUT2D eigenvalue weighted by Crippen LogP contribution is -1.87. The molecule has 19 heavy (non-hydrogen) atoms. The number of aliphatic hydroxyl groups excluding tert-OH is 1. The van der Waals surface area contributed by atoms with Crippen LogP contribution in [0.2, 0.25) is 0 Å². The molecule has 1 aromatic carbocycles. The Kier molecular flexibility index (Phi) is 4.62. The first-order valence-electron chi connectivity index (χ1n) is 5.37. The zero-order valence-corrected chi connectivity index (χ0v) is 13.1. The highest BCUT2D eigenvalue weighted by Crippen LogP contribution is 2.43. The van der Waals surface area contributed by atoms with Crippen LogP contribution in [0.25, 0.3) is 0 Å². The lowest BCUT2D eigenvalue weighted by Gasteiger charge is -1.99. The van der Waals surface area contributed by atoms with Crippen molar-refractivity contribution in [3.8, 4) is 0 Å². The van der Waals surface area contributed by atoms with Gasteiger partial charge in [0.15, 0.2) is 0 Å². The molecule has 1 N–H and O–H groups in total. The average molecular weight is 360 g/mol. The highest BCUT2D eigenvalue weighted by atomic mass is 79.9. The molecule has 4 nitrogen and oxygen atoms in total. The first kappa shape index (κ1) is 14.5. The van der Waals surface area contributed by atoms with Gasteiger partial charge in [-0.05, 0) is 31.2 Å². The first-order chi connectivity index (χ1) is 8.97. The van der Waals surface area contributed by atoms with E-state index in [1.165, 1.54) is 29.2 Å². The van der Waals surface area contributed by atoms with Crippen LogP contribution in [0.4, 0.5) is 5.69 Å². The molecule has 1 atom stereocenters. The SMILES string of the molecule is CC(O)c1cc([N+](=O)[O-])c(Sc2ccc(Br)cc2)s1. The minimum absolute atomic E-state index is 0.0498. The summed E-state index contributed by atoms with van der Waals surface area (Å²) >= 11 is 5.93. The van der Waals surface area contributed by atoms with Gasteiger partial charge in [-0.15, -0.1) is 11.3 Å². The van der Waals surface area contributed by atoms with Crippen LogP contribution in [0, 0.1) is 10.1 Å². The Labute approximate surface area is 126 Å². The third-order valence-corrected chi connectivity index (χ3v) is 5.35. The Bertz CT molecular complexity index is 596. The van der Waals surface area contributed by atoms with Gasteiger partial charge in [0.05, 0.1) is 11.0 Å². The second-order valence-corrected chi connectivity index (χ2v) is 7.15. The molecule has 2 rings (SSSR count). The number of thiophene rings is 1. The molecule has 1 heterocycles. The molecule has 0 aliphatic carbocycles. The van der Waals surface area contributed by atoms with Crippen molar-refractivity contribution < 1.29 is 10.0 Å². The number of nitro groups is 1. The summed E-state index contributed by atoms with van der Waals surface area (Å²) in [5.74, 6) is 0. The van der Waals surface area contributed by atoms with Gasteiger partial charge in [-0.3, -0.25) is 10.1 Å². The van der Waals surface area contributed by atoms with Crippen molar-refractivity contribution in [1.29, 1.82) is 0 Å². The van der Waals surface area contributed by atoms with Crippen molar-refractivity contribution >= 4 is 44.7 Å². The Hall–Kier alpha value is -0.890. The molecule has 0 aliphatic heterocycles. The van der Waals surface area contributed by atoms with Gasteiger partial charge in [0.2, 0.25) is 0 Å². The smallest absolute Gasteiger partial charge is 0.294 e. The van der Waals surface area contributed by atoms with Gasteiger partial charge in [0, 0.05) is 20.3 Å². The molecule has 2 aromatic rings. The van der Waals surface area contributed by atoms with Crippen molar-refractivity contribution in [1.82, 2.24) is 0 Å². The zero-order chi connectivity index (χ0) is 14.0. The maximum Gasteiger partial charge on any atom is 0.294 e. The van der Waals surface area contributed by atoms with E-state index in [2.05, 4.69) is 15.9 Å². The summed E-state index contributed by atoms with van der Waals surface area (Å²) in [4.78, 5) is 12.1. The lowest BCUT2D eigenvalue weighted by molar-refractivity contribution is -0.387. The molecule has 7 heteroatoms. The van der Waals surface area contributed by atoms with Crippen LogP contribution in [0.3, 0.4) is 0 Å². The van der Waals surface area contributed by atoms with Crippen LogP contribution in [0.1, 0.15) is 17.9 Å². The van der Waals surface area contributed by atoms with Crippen LogP contribution in [-0.2, 0) is 0 Å². The second-order valence-electron chi connectivity index (χ2n) is 3.81. The van der Waals surface area contributed by atoms with E-state index in [4.69, 9.17) is 0 Å². The van der Waals surface area contributed by atoms with Crippen molar-refractivity contribution in [2.24, 2.45) is 0 Å². The van der Waals surface area contributed by atoms with Gasteiger partial charge in [-0.2, -0.15) is 0 Å². The predicted molar refractivity (Wildman–Crippen MR) is 79.9 cm³/mol. The summed E-state index contributed by atoms with van der Waals surface area (Å²) in [5, 5.41) is 20.5. The summed E-state index contributed by atoms with van der Waals surface area (Å²) in [6, 6.07) is 8.99. The van der Waals surface area contributed by atoms with Crippen LogP contribution in [0.15, 0.2) is 43.9 Å². The maximum atomic E-state index is 11.0. The molecule has 0 radical (unpaired) electrons. The van der Waals surface area contributed by atoms with E-state index in [1.807, 2.05) is 24.3 Å². The van der Waals surface area contributed by atoms with E-state index in [0.717, 1.165) is 9.37 Å². The number of nitrogens with zero attached hydrogens (tertiary/aromatic N) is 1. The second kappa shape index (κ2) is 6.04. The fourth-order valence-corrected chi connectivity index (χ4v) is 3.92. The van der Waals surface area contributed by atoms with Crippen LogP contribution >= 0.6 is 39.0 Å². The normalized spacial score (nSPS) is 12.4. The lowest BCUT2D eigenvalue weighted by atomic mass is 10.3. The van der Waals surface area contributed by atoms with E-state index in [1.54, 1.807) is 6.92 Å².